The lowest BCUT2D eigenvalue weighted by Crippen LogP contribution is -2.48. The van der Waals surface area contributed by atoms with Crippen LogP contribution in [0.4, 0.5) is 13.2 Å². The van der Waals surface area contributed by atoms with Crippen molar-refractivity contribution in [3.05, 3.63) is 143 Å². The number of nitrogens with zero attached hydrogens (tertiary/aromatic N) is 1. The zero-order valence-corrected chi connectivity index (χ0v) is 25.4. The highest BCUT2D eigenvalue weighted by molar-refractivity contribution is 6.00. The van der Waals surface area contributed by atoms with Gasteiger partial charge in [0, 0.05) is 36.8 Å². The number of aliphatic hydroxyl groups excluding tert-OH is 1. The quantitative estimate of drug-likeness (QED) is 0.178. The average Bonchev–Trinajstić information content (AvgIpc) is 3.52. The molecule has 0 bridgehead atoms. The van der Waals surface area contributed by atoms with Crippen molar-refractivity contribution in [1.82, 2.24) is 15.5 Å². The molecule has 9 heteroatoms. The summed E-state index contributed by atoms with van der Waals surface area (Å²) < 4.78 is 39.3. The van der Waals surface area contributed by atoms with Crippen LogP contribution in [0.25, 0.3) is 0 Å². The molecule has 240 valence electrons. The molecule has 5 rings (SSSR count). The molecule has 1 fully saturated rings. The summed E-state index contributed by atoms with van der Waals surface area (Å²) in [4.78, 5) is 29.0. The van der Waals surface area contributed by atoms with Crippen molar-refractivity contribution in [1.29, 1.82) is 0 Å². The fourth-order valence-electron chi connectivity index (χ4n) is 5.93. The molecule has 0 spiro atoms. The molecule has 2 amide bonds. The molecule has 1 saturated heterocycles. The van der Waals surface area contributed by atoms with E-state index in [9.17, 15) is 27.9 Å². The summed E-state index contributed by atoms with van der Waals surface area (Å²) in [6.45, 7) is 0.800. The highest BCUT2D eigenvalue weighted by Gasteiger charge is 2.31. The van der Waals surface area contributed by atoms with Crippen LogP contribution in [0.5, 0.6) is 0 Å². The van der Waals surface area contributed by atoms with Crippen LogP contribution in [0.15, 0.2) is 109 Å². The Bertz CT molecular complexity index is 1600. The largest absolute Gasteiger partial charge is 0.416 e. The van der Waals surface area contributed by atoms with E-state index in [1.165, 1.54) is 11.6 Å². The number of likely N-dealkylation sites (tertiary alicyclic amines) is 1. The number of carbonyl (C=O) groups excluding carboxylic acids is 2. The molecule has 0 aromatic heterocycles. The number of hydrogen-bond acceptors (Lipinski definition) is 4. The highest BCUT2D eigenvalue weighted by Crippen LogP contribution is 2.29. The number of alkyl halides is 3. The zero-order valence-electron chi connectivity index (χ0n) is 25.4. The number of halogens is 3. The summed E-state index contributed by atoms with van der Waals surface area (Å²) >= 11 is 0. The Morgan fingerprint density at radius 3 is 2.20 bits per heavy atom. The maximum absolute atomic E-state index is 13.6. The lowest BCUT2D eigenvalue weighted by Gasteiger charge is -2.26. The van der Waals surface area contributed by atoms with Crippen molar-refractivity contribution in [3.63, 3.8) is 0 Å². The number of aliphatic hydroxyl groups is 1. The first-order valence-electron chi connectivity index (χ1n) is 15.5. The van der Waals surface area contributed by atoms with Gasteiger partial charge in [0.05, 0.1) is 17.7 Å². The van der Waals surface area contributed by atoms with Crippen LogP contribution < -0.4 is 10.6 Å². The van der Waals surface area contributed by atoms with Crippen molar-refractivity contribution in [2.45, 2.75) is 56.6 Å². The van der Waals surface area contributed by atoms with Crippen LogP contribution in [-0.4, -0.2) is 53.1 Å². The highest BCUT2D eigenvalue weighted by atomic mass is 19.4. The average molecular weight is 630 g/mol. The molecule has 1 heterocycles. The van der Waals surface area contributed by atoms with E-state index in [2.05, 4.69) is 22.8 Å². The van der Waals surface area contributed by atoms with Crippen LogP contribution in [0, 0.1) is 0 Å². The van der Waals surface area contributed by atoms with Crippen LogP contribution in [-0.2, 0) is 25.6 Å². The molecule has 6 nitrogen and oxygen atoms in total. The molecule has 0 radical (unpaired) electrons. The van der Waals surface area contributed by atoms with Gasteiger partial charge in [-0.25, -0.2) is 0 Å². The Kier molecular flexibility index (Phi) is 10.9. The molecule has 46 heavy (non-hydrogen) atoms. The van der Waals surface area contributed by atoms with Gasteiger partial charge in [0.15, 0.2) is 0 Å². The number of rotatable bonds is 12. The summed E-state index contributed by atoms with van der Waals surface area (Å²) in [7, 11) is 0. The second kappa shape index (κ2) is 15.2. The van der Waals surface area contributed by atoms with Crippen molar-refractivity contribution in [3.8, 4) is 0 Å². The van der Waals surface area contributed by atoms with Crippen molar-refractivity contribution >= 4 is 11.8 Å². The molecular weight excluding hydrogens is 591 g/mol. The number of amides is 2. The Morgan fingerprint density at radius 1 is 0.826 bits per heavy atom. The summed E-state index contributed by atoms with van der Waals surface area (Å²) in [5.41, 5.74) is 2.48. The molecule has 4 aromatic carbocycles. The van der Waals surface area contributed by atoms with Crippen molar-refractivity contribution < 1.29 is 27.9 Å². The Morgan fingerprint density at radius 2 is 1.48 bits per heavy atom. The number of benzene rings is 4. The third-order valence-electron chi connectivity index (χ3n) is 8.34. The first kappa shape index (κ1) is 32.9. The third kappa shape index (κ3) is 8.83. The smallest absolute Gasteiger partial charge is 0.390 e. The van der Waals surface area contributed by atoms with E-state index >= 15 is 0 Å². The number of nitrogens with one attached hydrogen (secondary N) is 2. The van der Waals surface area contributed by atoms with E-state index in [1.54, 1.807) is 30.3 Å². The molecule has 1 aliphatic rings. The molecule has 3 N–H and O–H groups in total. The maximum Gasteiger partial charge on any atom is 0.416 e. The summed E-state index contributed by atoms with van der Waals surface area (Å²) in [5.74, 6) is -0.553. The van der Waals surface area contributed by atoms with Crippen LogP contribution >= 0.6 is 0 Å². The minimum absolute atomic E-state index is 0.0321. The van der Waals surface area contributed by atoms with Gasteiger partial charge in [-0.05, 0) is 66.6 Å². The Labute approximate surface area is 267 Å². The third-order valence-corrected chi connectivity index (χ3v) is 8.34. The molecule has 0 aliphatic carbocycles. The van der Waals surface area contributed by atoms with Gasteiger partial charge < -0.3 is 20.6 Å². The molecule has 3 atom stereocenters. The molecule has 0 saturated carbocycles. The molecular formula is C37H38F3N3O3. The lowest BCUT2D eigenvalue weighted by molar-refractivity contribution is -0.137. The van der Waals surface area contributed by atoms with Gasteiger partial charge in [0.1, 0.15) is 0 Å². The summed E-state index contributed by atoms with van der Waals surface area (Å²) in [6.07, 6.45) is -2.56. The normalized spacial score (nSPS) is 16.2. The first-order chi connectivity index (χ1) is 22.2. The minimum Gasteiger partial charge on any atom is -0.390 e. The van der Waals surface area contributed by atoms with Gasteiger partial charge in [-0.15, -0.1) is 0 Å². The number of carbonyl (C=O) groups is 2. The minimum atomic E-state index is -4.44. The summed E-state index contributed by atoms with van der Waals surface area (Å²) in [5, 5.41) is 17.1. The fraction of sp³-hybridized carbons (Fsp3) is 0.297. The zero-order chi connectivity index (χ0) is 32.5. The van der Waals surface area contributed by atoms with Crippen LogP contribution in [0.2, 0.25) is 0 Å². The Balaban J connectivity index is 1.25. The fourth-order valence-corrected chi connectivity index (χ4v) is 5.93. The second-order valence-electron chi connectivity index (χ2n) is 11.7. The van der Waals surface area contributed by atoms with E-state index < -0.39 is 29.8 Å². The van der Waals surface area contributed by atoms with Gasteiger partial charge in [0.25, 0.3) is 11.8 Å². The number of hydrogen-bond donors (Lipinski definition) is 3. The Hall–Kier alpha value is -4.47. The topological polar surface area (TPSA) is 81.7 Å². The van der Waals surface area contributed by atoms with Gasteiger partial charge in [-0.2, -0.15) is 13.2 Å². The lowest BCUT2D eigenvalue weighted by atomic mass is 10.00. The molecule has 1 aliphatic heterocycles. The predicted molar refractivity (Wildman–Crippen MR) is 171 cm³/mol. The second-order valence-corrected chi connectivity index (χ2v) is 11.7. The standard InChI is InChI=1S/C37H38F3N3O3/c38-37(39,40)31-17-7-14-28(20-31)24-41-25-34(44)33(22-27-12-5-2-6-13-27)42-35(45)29-15-8-16-30(23-29)36(46)43-19-9-18-32(43)21-26-10-3-1-4-11-26/h1-8,10-17,20,23,32-34,41,44H,9,18-19,21-22,24-25H2,(H,42,45). The van der Waals surface area contributed by atoms with Gasteiger partial charge in [-0.3, -0.25) is 9.59 Å². The maximum atomic E-state index is 13.6. The van der Waals surface area contributed by atoms with Gasteiger partial charge in [-0.1, -0.05) is 84.9 Å². The van der Waals surface area contributed by atoms with E-state index in [4.69, 9.17) is 0 Å². The van der Waals surface area contributed by atoms with Gasteiger partial charge in [0.2, 0.25) is 0 Å². The van der Waals surface area contributed by atoms with E-state index in [0.29, 0.717) is 29.7 Å². The molecule has 3 unspecified atom stereocenters. The summed E-state index contributed by atoms with van der Waals surface area (Å²) in [6, 6.07) is 30.5. The van der Waals surface area contributed by atoms with Crippen LogP contribution in [0.1, 0.15) is 55.8 Å². The molecule has 4 aromatic rings. The monoisotopic (exact) mass is 629 g/mol. The van der Waals surface area contributed by atoms with Crippen LogP contribution in [0.3, 0.4) is 0 Å². The van der Waals surface area contributed by atoms with Crippen molar-refractivity contribution in [2.75, 3.05) is 13.1 Å². The van der Waals surface area contributed by atoms with E-state index in [0.717, 1.165) is 37.0 Å². The van der Waals surface area contributed by atoms with E-state index in [-0.39, 0.29) is 25.0 Å². The predicted octanol–water partition coefficient (Wildman–Crippen LogP) is 6.04. The van der Waals surface area contributed by atoms with Crippen molar-refractivity contribution in [2.24, 2.45) is 0 Å². The van der Waals surface area contributed by atoms with E-state index in [1.807, 2.05) is 53.4 Å². The SMILES string of the molecule is O=C(NC(Cc1ccccc1)C(O)CNCc1cccc(C(F)(F)F)c1)c1cccc(C(=O)N2CCCC2Cc2ccccc2)c1. The first-order valence-corrected chi connectivity index (χ1v) is 15.5. The van der Waals surface area contributed by atoms with Gasteiger partial charge >= 0.3 is 6.18 Å².